The van der Waals surface area contributed by atoms with E-state index in [9.17, 15) is 5.11 Å². The average Bonchev–Trinajstić information content (AvgIpc) is 2.67. The third-order valence-electron chi connectivity index (χ3n) is 4.58. The van der Waals surface area contributed by atoms with Gasteiger partial charge in [-0.2, -0.15) is 0 Å². The quantitative estimate of drug-likeness (QED) is 0.654. The first kappa shape index (κ1) is 18.3. The van der Waals surface area contributed by atoms with Crippen LogP contribution in [0, 0.1) is 6.92 Å². The Labute approximate surface area is 155 Å². The Kier molecular flexibility index (Phi) is 6.12. The van der Waals surface area contributed by atoms with E-state index in [0.29, 0.717) is 13.2 Å². The molecule has 5 nitrogen and oxygen atoms in total. The molecular formula is C21H27N3O2. The van der Waals surface area contributed by atoms with Crippen LogP contribution in [-0.4, -0.2) is 42.2 Å². The molecule has 0 aliphatic carbocycles. The summed E-state index contributed by atoms with van der Waals surface area (Å²) in [6, 6.07) is 15.6. The Morgan fingerprint density at radius 3 is 2.73 bits per heavy atom. The average molecular weight is 353 g/mol. The zero-order valence-electron chi connectivity index (χ0n) is 15.5. The molecule has 2 aromatic rings. The zero-order chi connectivity index (χ0) is 18.4. The summed E-state index contributed by atoms with van der Waals surface area (Å²) in [7, 11) is 0. The Morgan fingerprint density at radius 2 is 2.00 bits per heavy atom. The second kappa shape index (κ2) is 8.72. The van der Waals surface area contributed by atoms with E-state index in [-0.39, 0.29) is 11.9 Å². The monoisotopic (exact) mass is 353 g/mol. The lowest BCUT2D eigenvalue weighted by molar-refractivity contribution is -0.00834. The van der Waals surface area contributed by atoms with Crippen molar-refractivity contribution in [2.75, 3.05) is 26.2 Å². The SMILES string of the molecule is CCNC(=NCc1ccc(O)cc1)N1CCOC(c2ccccc2C)C1. The third-order valence-corrected chi connectivity index (χ3v) is 4.58. The molecule has 0 saturated carbocycles. The van der Waals surface area contributed by atoms with Gasteiger partial charge in [0.2, 0.25) is 0 Å². The molecule has 2 aromatic carbocycles. The topological polar surface area (TPSA) is 57.1 Å². The standard InChI is InChI=1S/C21H27N3O2/c1-3-22-21(23-14-17-8-10-18(25)11-9-17)24-12-13-26-20(15-24)19-7-5-4-6-16(19)2/h4-11,20,25H,3,12-15H2,1-2H3,(H,22,23). The van der Waals surface area contributed by atoms with E-state index in [4.69, 9.17) is 9.73 Å². The molecule has 1 atom stereocenters. The van der Waals surface area contributed by atoms with Crippen LogP contribution in [0.15, 0.2) is 53.5 Å². The molecule has 1 fully saturated rings. The molecule has 1 saturated heterocycles. The summed E-state index contributed by atoms with van der Waals surface area (Å²) in [5.41, 5.74) is 3.57. The third kappa shape index (κ3) is 4.55. The lowest BCUT2D eigenvalue weighted by Gasteiger charge is -2.35. The maximum Gasteiger partial charge on any atom is 0.194 e. The smallest absolute Gasteiger partial charge is 0.194 e. The van der Waals surface area contributed by atoms with Crippen molar-refractivity contribution in [3.05, 3.63) is 65.2 Å². The highest BCUT2D eigenvalue weighted by Gasteiger charge is 2.25. The van der Waals surface area contributed by atoms with E-state index in [1.165, 1.54) is 11.1 Å². The molecule has 5 heteroatoms. The normalized spacial score (nSPS) is 18.0. The van der Waals surface area contributed by atoms with Crippen molar-refractivity contribution in [3.8, 4) is 5.75 Å². The van der Waals surface area contributed by atoms with Crippen molar-refractivity contribution >= 4 is 5.96 Å². The molecule has 3 rings (SSSR count). The first-order valence-electron chi connectivity index (χ1n) is 9.15. The summed E-state index contributed by atoms with van der Waals surface area (Å²) in [6.45, 7) is 7.89. The first-order chi connectivity index (χ1) is 12.7. The number of benzene rings is 2. The van der Waals surface area contributed by atoms with Crippen LogP contribution in [0.5, 0.6) is 5.75 Å². The van der Waals surface area contributed by atoms with E-state index in [2.05, 4.69) is 48.3 Å². The summed E-state index contributed by atoms with van der Waals surface area (Å²) in [5, 5.41) is 12.8. The molecule has 0 radical (unpaired) electrons. The number of nitrogens with zero attached hydrogens (tertiary/aromatic N) is 2. The summed E-state index contributed by atoms with van der Waals surface area (Å²) in [6.07, 6.45) is 0.0579. The molecule has 0 bridgehead atoms. The summed E-state index contributed by atoms with van der Waals surface area (Å²) < 4.78 is 6.03. The highest BCUT2D eigenvalue weighted by Crippen LogP contribution is 2.25. The molecule has 2 N–H and O–H groups in total. The van der Waals surface area contributed by atoms with Gasteiger partial charge in [-0.1, -0.05) is 36.4 Å². The van der Waals surface area contributed by atoms with E-state index < -0.39 is 0 Å². The molecular weight excluding hydrogens is 326 g/mol. The van der Waals surface area contributed by atoms with Crippen molar-refractivity contribution in [2.24, 2.45) is 4.99 Å². The highest BCUT2D eigenvalue weighted by atomic mass is 16.5. The van der Waals surface area contributed by atoms with Crippen LogP contribution in [0.2, 0.25) is 0 Å². The van der Waals surface area contributed by atoms with E-state index in [1.54, 1.807) is 12.1 Å². The zero-order valence-corrected chi connectivity index (χ0v) is 15.5. The van der Waals surface area contributed by atoms with Gasteiger partial charge in [0.15, 0.2) is 5.96 Å². The van der Waals surface area contributed by atoms with Crippen LogP contribution in [0.4, 0.5) is 0 Å². The molecule has 138 valence electrons. The van der Waals surface area contributed by atoms with Gasteiger partial charge in [-0.3, -0.25) is 0 Å². The summed E-state index contributed by atoms with van der Waals surface area (Å²) >= 11 is 0. The maximum absolute atomic E-state index is 9.41. The minimum Gasteiger partial charge on any atom is -0.508 e. The number of phenolic OH excluding ortho intramolecular Hbond substituents is 1. The van der Waals surface area contributed by atoms with Gasteiger partial charge in [-0.15, -0.1) is 0 Å². The number of hydrogen-bond acceptors (Lipinski definition) is 3. The molecule has 0 spiro atoms. The number of aliphatic imine (C=N–C) groups is 1. The van der Waals surface area contributed by atoms with Gasteiger partial charge >= 0.3 is 0 Å². The number of ether oxygens (including phenoxy) is 1. The predicted octanol–water partition coefficient (Wildman–Crippen LogP) is 3.24. The molecule has 1 aliphatic heterocycles. The van der Waals surface area contributed by atoms with E-state index in [0.717, 1.165) is 31.2 Å². The summed E-state index contributed by atoms with van der Waals surface area (Å²) in [5.74, 6) is 1.18. The van der Waals surface area contributed by atoms with Crippen molar-refractivity contribution in [3.63, 3.8) is 0 Å². The Hall–Kier alpha value is -2.53. The van der Waals surface area contributed by atoms with Crippen LogP contribution < -0.4 is 5.32 Å². The Bertz CT molecular complexity index is 743. The number of nitrogens with one attached hydrogen (secondary N) is 1. The van der Waals surface area contributed by atoms with Crippen LogP contribution >= 0.6 is 0 Å². The second-order valence-electron chi connectivity index (χ2n) is 6.50. The fourth-order valence-corrected chi connectivity index (χ4v) is 3.17. The molecule has 1 heterocycles. The minimum atomic E-state index is 0.0579. The molecule has 0 amide bonds. The number of guanidine groups is 1. The van der Waals surface area contributed by atoms with Gasteiger partial charge in [-0.25, -0.2) is 4.99 Å². The van der Waals surface area contributed by atoms with Crippen molar-refractivity contribution in [2.45, 2.75) is 26.5 Å². The largest absolute Gasteiger partial charge is 0.508 e. The lowest BCUT2D eigenvalue weighted by Crippen LogP contribution is -2.48. The number of aromatic hydroxyl groups is 1. The minimum absolute atomic E-state index is 0.0579. The number of phenols is 1. The van der Waals surface area contributed by atoms with Gasteiger partial charge in [0, 0.05) is 13.1 Å². The Balaban J connectivity index is 1.73. The molecule has 1 unspecified atom stereocenters. The predicted molar refractivity (Wildman–Crippen MR) is 104 cm³/mol. The number of rotatable bonds is 4. The van der Waals surface area contributed by atoms with Crippen molar-refractivity contribution in [1.82, 2.24) is 10.2 Å². The second-order valence-corrected chi connectivity index (χ2v) is 6.50. The molecule has 0 aromatic heterocycles. The number of aryl methyl sites for hydroxylation is 1. The van der Waals surface area contributed by atoms with Gasteiger partial charge in [-0.05, 0) is 42.7 Å². The van der Waals surface area contributed by atoms with Crippen LogP contribution in [0.1, 0.15) is 29.7 Å². The first-order valence-corrected chi connectivity index (χ1v) is 9.15. The summed E-state index contributed by atoms with van der Waals surface area (Å²) in [4.78, 5) is 7.05. The van der Waals surface area contributed by atoms with E-state index >= 15 is 0 Å². The highest BCUT2D eigenvalue weighted by molar-refractivity contribution is 5.80. The fourth-order valence-electron chi connectivity index (χ4n) is 3.17. The number of morpholine rings is 1. The van der Waals surface area contributed by atoms with Gasteiger partial charge in [0.25, 0.3) is 0 Å². The van der Waals surface area contributed by atoms with Crippen LogP contribution in [0.3, 0.4) is 0 Å². The molecule has 1 aliphatic rings. The maximum atomic E-state index is 9.41. The van der Waals surface area contributed by atoms with Crippen molar-refractivity contribution in [1.29, 1.82) is 0 Å². The van der Waals surface area contributed by atoms with Crippen molar-refractivity contribution < 1.29 is 9.84 Å². The lowest BCUT2D eigenvalue weighted by atomic mass is 10.0. The van der Waals surface area contributed by atoms with Gasteiger partial charge in [0.1, 0.15) is 11.9 Å². The Morgan fingerprint density at radius 1 is 1.23 bits per heavy atom. The fraction of sp³-hybridized carbons (Fsp3) is 0.381. The van der Waals surface area contributed by atoms with Gasteiger partial charge < -0.3 is 20.1 Å². The van der Waals surface area contributed by atoms with Crippen LogP contribution in [-0.2, 0) is 11.3 Å². The van der Waals surface area contributed by atoms with Crippen LogP contribution in [0.25, 0.3) is 0 Å². The molecule has 26 heavy (non-hydrogen) atoms. The number of hydrogen-bond donors (Lipinski definition) is 2. The van der Waals surface area contributed by atoms with E-state index in [1.807, 2.05) is 12.1 Å². The van der Waals surface area contributed by atoms with Gasteiger partial charge in [0.05, 0.1) is 19.7 Å².